The molecule has 0 unspecified atom stereocenters. The van der Waals surface area contributed by atoms with Crippen LogP contribution in [-0.2, 0) is 22.6 Å². The van der Waals surface area contributed by atoms with Gasteiger partial charge in [-0.2, -0.15) is 0 Å². The number of anilines is 2. The molecule has 2 aromatic carbocycles. The van der Waals surface area contributed by atoms with Crippen LogP contribution in [0.2, 0.25) is 5.02 Å². The number of hydrogen-bond acceptors (Lipinski definition) is 7. The monoisotopic (exact) mass is 498 g/mol. The first-order valence-electron chi connectivity index (χ1n) is 10.6. The summed E-state index contributed by atoms with van der Waals surface area (Å²) in [6, 6.07) is 12.4. The van der Waals surface area contributed by atoms with Crippen molar-refractivity contribution in [2.75, 3.05) is 31.1 Å². The van der Waals surface area contributed by atoms with E-state index in [2.05, 4.69) is 4.98 Å². The van der Waals surface area contributed by atoms with E-state index in [1.165, 1.54) is 18.1 Å². The van der Waals surface area contributed by atoms with Gasteiger partial charge in [0.15, 0.2) is 17.2 Å². The van der Waals surface area contributed by atoms with E-state index in [1.807, 2.05) is 30.3 Å². The molecule has 0 spiro atoms. The number of rotatable bonds is 8. The SMILES string of the molecule is COCCn1c(N)c(N(Cc2ccccc2)C(=O)/C=C/c2cc(Cl)c3c(c2)OCO3)c(=O)[nH]c1=O. The van der Waals surface area contributed by atoms with Gasteiger partial charge in [0.05, 0.1) is 24.7 Å². The predicted octanol–water partition coefficient (Wildman–Crippen LogP) is 2.39. The summed E-state index contributed by atoms with van der Waals surface area (Å²) in [5.74, 6) is 0.242. The zero-order chi connectivity index (χ0) is 24.9. The van der Waals surface area contributed by atoms with Crippen LogP contribution in [0.1, 0.15) is 11.1 Å². The number of nitrogen functional groups attached to an aromatic ring is 1. The highest BCUT2D eigenvalue weighted by atomic mass is 35.5. The zero-order valence-corrected chi connectivity index (χ0v) is 19.6. The van der Waals surface area contributed by atoms with Crippen LogP contribution in [0.25, 0.3) is 6.08 Å². The molecule has 0 saturated heterocycles. The third-order valence-electron chi connectivity index (χ3n) is 5.32. The maximum Gasteiger partial charge on any atom is 0.330 e. The number of carbonyl (C=O) groups is 1. The van der Waals surface area contributed by atoms with Crippen LogP contribution >= 0.6 is 11.6 Å². The highest BCUT2D eigenvalue weighted by molar-refractivity contribution is 6.32. The van der Waals surface area contributed by atoms with Gasteiger partial charge in [0.1, 0.15) is 5.82 Å². The summed E-state index contributed by atoms with van der Waals surface area (Å²) in [5, 5.41) is 0.346. The fraction of sp³-hybridized carbons (Fsp3) is 0.208. The van der Waals surface area contributed by atoms with Gasteiger partial charge >= 0.3 is 5.69 Å². The lowest BCUT2D eigenvalue weighted by Gasteiger charge is -2.23. The highest BCUT2D eigenvalue weighted by Gasteiger charge is 2.24. The maximum atomic E-state index is 13.4. The number of aromatic amines is 1. The Bertz CT molecular complexity index is 1380. The van der Waals surface area contributed by atoms with Gasteiger partial charge in [0.25, 0.3) is 11.5 Å². The Morgan fingerprint density at radius 2 is 2.03 bits per heavy atom. The number of aromatic nitrogens is 2. The predicted molar refractivity (Wildman–Crippen MR) is 132 cm³/mol. The molecule has 3 N–H and O–H groups in total. The third kappa shape index (κ3) is 5.23. The maximum absolute atomic E-state index is 13.4. The van der Waals surface area contributed by atoms with Crippen molar-refractivity contribution in [3.05, 3.63) is 85.5 Å². The van der Waals surface area contributed by atoms with E-state index >= 15 is 0 Å². The number of H-pyrrole nitrogens is 1. The molecule has 0 aliphatic carbocycles. The summed E-state index contributed by atoms with van der Waals surface area (Å²) < 4.78 is 16.9. The Morgan fingerprint density at radius 3 is 2.77 bits per heavy atom. The number of fused-ring (bicyclic) bond motifs is 1. The minimum Gasteiger partial charge on any atom is -0.454 e. The molecule has 0 bridgehead atoms. The van der Waals surface area contributed by atoms with E-state index < -0.39 is 17.2 Å². The molecule has 11 heteroatoms. The van der Waals surface area contributed by atoms with Crippen molar-refractivity contribution in [3.8, 4) is 11.5 Å². The molecule has 0 atom stereocenters. The summed E-state index contributed by atoms with van der Waals surface area (Å²) >= 11 is 6.23. The van der Waals surface area contributed by atoms with E-state index in [9.17, 15) is 14.4 Å². The largest absolute Gasteiger partial charge is 0.454 e. The number of benzene rings is 2. The van der Waals surface area contributed by atoms with Crippen molar-refractivity contribution < 1.29 is 19.0 Å². The number of hydrogen-bond donors (Lipinski definition) is 2. The van der Waals surface area contributed by atoms with Crippen molar-refractivity contribution in [3.63, 3.8) is 0 Å². The standard InChI is InChI=1S/C24H23ClN4O6/c1-33-10-9-28-22(26)20(23(31)27-24(28)32)29(13-15-5-3-2-4-6-15)19(30)8-7-16-11-17(25)21-18(12-16)34-14-35-21/h2-8,11-12H,9-10,13-14,26H2,1H3,(H,27,31,32)/b8-7+. The lowest BCUT2D eigenvalue weighted by atomic mass is 10.1. The number of halogens is 1. The molecular formula is C24H23ClN4O6. The molecule has 3 aromatic rings. The topological polar surface area (TPSA) is 129 Å². The van der Waals surface area contributed by atoms with Gasteiger partial charge in [-0.15, -0.1) is 0 Å². The summed E-state index contributed by atoms with van der Waals surface area (Å²) in [5.41, 5.74) is 5.98. The van der Waals surface area contributed by atoms with Crippen LogP contribution in [0.4, 0.5) is 11.5 Å². The number of amides is 1. The smallest absolute Gasteiger partial charge is 0.330 e. The summed E-state index contributed by atoms with van der Waals surface area (Å²) in [6.07, 6.45) is 2.83. The second kappa shape index (κ2) is 10.5. The van der Waals surface area contributed by atoms with Crippen molar-refractivity contribution >= 4 is 35.1 Å². The molecule has 1 amide bonds. The van der Waals surface area contributed by atoms with E-state index in [4.69, 9.17) is 31.5 Å². The van der Waals surface area contributed by atoms with Crippen LogP contribution in [0.3, 0.4) is 0 Å². The van der Waals surface area contributed by atoms with E-state index in [1.54, 1.807) is 18.2 Å². The molecule has 182 valence electrons. The molecule has 1 aliphatic heterocycles. The Kier molecular flexibility index (Phi) is 7.23. The van der Waals surface area contributed by atoms with Crippen LogP contribution in [-0.4, -0.2) is 36.0 Å². The lowest BCUT2D eigenvalue weighted by Crippen LogP contribution is -2.40. The number of nitrogens with zero attached hydrogens (tertiary/aromatic N) is 2. The second-order valence-corrected chi connectivity index (χ2v) is 8.02. The zero-order valence-electron chi connectivity index (χ0n) is 18.8. The third-order valence-corrected chi connectivity index (χ3v) is 5.60. The van der Waals surface area contributed by atoms with E-state index in [-0.39, 0.29) is 38.0 Å². The number of nitrogens with two attached hydrogens (primary N) is 1. The van der Waals surface area contributed by atoms with Gasteiger partial charge in [-0.1, -0.05) is 41.9 Å². The molecule has 1 aromatic heterocycles. The number of ether oxygens (including phenoxy) is 3. The van der Waals surface area contributed by atoms with Crippen LogP contribution in [0.15, 0.2) is 58.1 Å². The van der Waals surface area contributed by atoms with Crippen LogP contribution in [0.5, 0.6) is 11.5 Å². The quantitative estimate of drug-likeness (QED) is 0.456. The van der Waals surface area contributed by atoms with E-state index in [0.29, 0.717) is 22.1 Å². The van der Waals surface area contributed by atoms with Crippen LogP contribution in [0, 0.1) is 0 Å². The Morgan fingerprint density at radius 1 is 1.26 bits per heavy atom. The average Bonchev–Trinajstić information content (AvgIpc) is 3.32. The highest BCUT2D eigenvalue weighted by Crippen LogP contribution is 2.40. The fourth-order valence-electron chi connectivity index (χ4n) is 3.62. The van der Waals surface area contributed by atoms with Crippen molar-refractivity contribution in [2.45, 2.75) is 13.1 Å². The number of carbonyl (C=O) groups excluding carboxylic acids is 1. The van der Waals surface area contributed by atoms with Gasteiger partial charge in [0.2, 0.25) is 6.79 Å². The molecule has 35 heavy (non-hydrogen) atoms. The molecule has 2 heterocycles. The number of nitrogens with one attached hydrogen (secondary N) is 1. The minimum absolute atomic E-state index is 0.0433. The lowest BCUT2D eigenvalue weighted by molar-refractivity contribution is -0.114. The van der Waals surface area contributed by atoms with Gasteiger partial charge < -0.3 is 19.9 Å². The first-order chi connectivity index (χ1) is 16.9. The summed E-state index contributed by atoms with van der Waals surface area (Å²) in [4.78, 5) is 42.0. The Labute approximate surface area is 205 Å². The normalized spacial score (nSPS) is 12.3. The fourth-order valence-corrected chi connectivity index (χ4v) is 3.89. The summed E-state index contributed by atoms with van der Waals surface area (Å²) in [7, 11) is 1.48. The van der Waals surface area contributed by atoms with Crippen molar-refractivity contribution in [1.29, 1.82) is 0 Å². The first kappa shape index (κ1) is 24.1. The first-order valence-corrected chi connectivity index (χ1v) is 11.0. The minimum atomic E-state index is -0.773. The molecule has 0 radical (unpaired) electrons. The summed E-state index contributed by atoms with van der Waals surface area (Å²) in [6.45, 7) is 0.394. The molecule has 1 aliphatic rings. The van der Waals surface area contributed by atoms with Gasteiger partial charge in [-0.05, 0) is 29.3 Å². The number of methoxy groups -OCH3 is 1. The molecule has 0 fully saturated rings. The Hall–Kier alpha value is -4.02. The van der Waals surface area contributed by atoms with Gasteiger partial charge in [0, 0.05) is 13.2 Å². The van der Waals surface area contributed by atoms with Gasteiger partial charge in [-0.25, -0.2) is 4.79 Å². The van der Waals surface area contributed by atoms with E-state index in [0.717, 1.165) is 10.1 Å². The average molecular weight is 499 g/mol. The van der Waals surface area contributed by atoms with Crippen LogP contribution < -0.4 is 31.4 Å². The van der Waals surface area contributed by atoms with Crippen molar-refractivity contribution in [1.82, 2.24) is 9.55 Å². The Balaban J connectivity index is 1.73. The van der Waals surface area contributed by atoms with Crippen molar-refractivity contribution in [2.24, 2.45) is 0 Å². The molecular weight excluding hydrogens is 476 g/mol. The molecule has 10 nitrogen and oxygen atoms in total. The molecule has 4 rings (SSSR count). The van der Waals surface area contributed by atoms with Gasteiger partial charge in [-0.3, -0.25) is 24.0 Å². The molecule has 0 saturated carbocycles. The second-order valence-electron chi connectivity index (χ2n) is 7.62.